The Bertz CT molecular complexity index is 782. The summed E-state index contributed by atoms with van der Waals surface area (Å²) < 4.78 is 0. The third-order valence-corrected chi connectivity index (χ3v) is 3.13. The number of phenols is 6. The molecule has 2 aromatic rings. The van der Waals surface area contributed by atoms with E-state index in [0.717, 1.165) is 0 Å². The van der Waals surface area contributed by atoms with Crippen LogP contribution < -0.4 is 10.9 Å². The van der Waals surface area contributed by atoms with Gasteiger partial charge >= 0.3 is 0 Å². The maximum absolute atomic E-state index is 9.37. The van der Waals surface area contributed by atoms with Gasteiger partial charge in [0.2, 0.25) is 5.11 Å². The molecule has 26 heavy (non-hydrogen) atoms. The number of benzene rings is 2. The molecule has 0 aliphatic heterocycles. The number of aromatic hydroxyl groups is 6. The zero-order chi connectivity index (χ0) is 19.3. The Kier molecular flexibility index (Phi) is 5.65. The normalized spacial score (nSPS) is 11.1. The van der Waals surface area contributed by atoms with E-state index in [2.05, 4.69) is 21.1 Å². The van der Waals surface area contributed by atoms with Crippen molar-refractivity contribution in [1.82, 2.24) is 10.9 Å². The van der Waals surface area contributed by atoms with E-state index >= 15 is 0 Å². The Morgan fingerprint density at radius 3 is 1.31 bits per heavy atom. The second-order valence-corrected chi connectivity index (χ2v) is 5.29. The molecule has 0 heterocycles. The van der Waals surface area contributed by atoms with Crippen molar-refractivity contribution in [2.24, 2.45) is 10.2 Å². The van der Waals surface area contributed by atoms with Crippen molar-refractivity contribution in [3.05, 3.63) is 35.4 Å². The van der Waals surface area contributed by atoms with Crippen LogP contribution in [-0.2, 0) is 0 Å². The van der Waals surface area contributed by atoms with Gasteiger partial charge in [-0.05, 0) is 36.5 Å². The quantitative estimate of drug-likeness (QED) is 0.165. The standard InChI is InChI=1S/C15H14N4O6S/c20-9-1-7(2-10(21)13(9)24)5-16-18-15(26)19-17-6-8-3-11(22)14(25)12(23)4-8/h1-6,20-25H,(H2,18,19,26)/b16-5+,17-6+. The van der Waals surface area contributed by atoms with Gasteiger partial charge in [0.1, 0.15) is 0 Å². The van der Waals surface area contributed by atoms with Crippen molar-refractivity contribution in [1.29, 1.82) is 0 Å². The molecule has 136 valence electrons. The lowest BCUT2D eigenvalue weighted by atomic mass is 10.2. The van der Waals surface area contributed by atoms with Crippen molar-refractivity contribution in [2.45, 2.75) is 0 Å². The first kappa shape index (κ1) is 18.6. The summed E-state index contributed by atoms with van der Waals surface area (Å²) in [6.07, 6.45) is 2.46. The SMILES string of the molecule is Oc1cc(/C=N/NC(=S)N/N=C/c2cc(O)c(O)c(O)c2)cc(O)c1O. The van der Waals surface area contributed by atoms with Crippen LogP contribution in [-0.4, -0.2) is 48.2 Å². The maximum Gasteiger partial charge on any atom is 0.207 e. The zero-order valence-corrected chi connectivity index (χ0v) is 13.8. The largest absolute Gasteiger partial charge is 0.504 e. The highest BCUT2D eigenvalue weighted by Crippen LogP contribution is 2.35. The van der Waals surface area contributed by atoms with Crippen molar-refractivity contribution < 1.29 is 30.6 Å². The molecule has 8 N–H and O–H groups in total. The second-order valence-electron chi connectivity index (χ2n) is 4.88. The molecule has 0 aliphatic carbocycles. The number of nitrogens with zero attached hydrogens (tertiary/aromatic N) is 2. The van der Waals surface area contributed by atoms with Crippen LogP contribution in [0, 0.1) is 0 Å². The second kappa shape index (κ2) is 7.90. The molecular weight excluding hydrogens is 364 g/mol. The van der Waals surface area contributed by atoms with Crippen molar-refractivity contribution >= 4 is 29.8 Å². The van der Waals surface area contributed by atoms with Gasteiger partial charge in [-0.3, -0.25) is 10.9 Å². The lowest BCUT2D eigenvalue weighted by Gasteiger charge is -2.04. The predicted octanol–water partition coefficient (Wildman–Crippen LogP) is 0.752. The third-order valence-electron chi connectivity index (χ3n) is 2.94. The van der Waals surface area contributed by atoms with E-state index in [1.807, 2.05) is 0 Å². The van der Waals surface area contributed by atoms with Gasteiger partial charge < -0.3 is 30.6 Å². The highest BCUT2D eigenvalue weighted by Gasteiger charge is 2.07. The van der Waals surface area contributed by atoms with Gasteiger partial charge in [0.15, 0.2) is 34.5 Å². The molecule has 0 aromatic heterocycles. The van der Waals surface area contributed by atoms with Gasteiger partial charge in [-0.15, -0.1) is 0 Å². The van der Waals surface area contributed by atoms with Gasteiger partial charge in [0.05, 0.1) is 12.4 Å². The van der Waals surface area contributed by atoms with Crippen molar-refractivity contribution in [3.63, 3.8) is 0 Å². The molecule has 0 unspecified atom stereocenters. The molecule has 2 rings (SSSR count). The van der Waals surface area contributed by atoms with Gasteiger partial charge in [-0.25, -0.2) is 0 Å². The molecule has 0 spiro atoms. The summed E-state index contributed by atoms with van der Waals surface area (Å²) in [4.78, 5) is 0. The Hall–Kier alpha value is -3.73. The van der Waals surface area contributed by atoms with E-state index in [4.69, 9.17) is 12.2 Å². The number of hydrogen-bond acceptors (Lipinski definition) is 9. The Labute approximate surface area is 152 Å². The highest BCUT2D eigenvalue weighted by atomic mass is 32.1. The van der Waals surface area contributed by atoms with E-state index in [9.17, 15) is 30.6 Å². The molecule has 0 bridgehead atoms. The fourth-order valence-electron chi connectivity index (χ4n) is 1.76. The fourth-order valence-corrected chi connectivity index (χ4v) is 1.86. The summed E-state index contributed by atoms with van der Waals surface area (Å²) >= 11 is 4.90. The molecule has 0 aliphatic rings. The average Bonchev–Trinajstić information content (AvgIpc) is 2.57. The molecule has 0 radical (unpaired) electrons. The molecule has 0 amide bonds. The van der Waals surface area contributed by atoms with Crippen molar-refractivity contribution in [2.75, 3.05) is 0 Å². The Balaban J connectivity index is 1.91. The number of rotatable bonds is 4. The van der Waals surface area contributed by atoms with Crippen LogP contribution in [0.3, 0.4) is 0 Å². The van der Waals surface area contributed by atoms with Gasteiger partial charge in [-0.1, -0.05) is 0 Å². The van der Waals surface area contributed by atoms with Gasteiger partial charge in [0, 0.05) is 11.1 Å². The summed E-state index contributed by atoms with van der Waals surface area (Å²) in [6.45, 7) is 0. The molecule has 0 fully saturated rings. The van der Waals surface area contributed by atoms with E-state index in [1.54, 1.807) is 0 Å². The molecule has 2 aromatic carbocycles. The maximum atomic E-state index is 9.37. The van der Waals surface area contributed by atoms with Crippen LogP contribution in [0.2, 0.25) is 0 Å². The molecule has 11 heteroatoms. The number of phenolic OH excluding ortho intramolecular Hbond substituents is 6. The number of hydrogen-bond donors (Lipinski definition) is 8. The molecule has 0 atom stereocenters. The van der Waals surface area contributed by atoms with E-state index in [0.29, 0.717) is 11.1 Å². The predicted molar refractivity (Wildman–Crippen MR) is 96.9 cm³/mol. The third kappa shape index (κ3) is 4.64. The van der Waals surface area contributed by atoms with Gasteiger partial charge in [-0.2, -0.15) is 10.2 Å². The summed E-state index contributed by atoms with van der Waals surface area (Å²) in [6, 6.07) is 4.72. The summed E-state index contributed by atoms with van der Waals surface area (Å²) in [5.41, 5.74) is 5.42. The zero-order valence-electron chi connectivity index (χ0n) is 13.0. The lowest BCUT2D eigenvalue weighted by Crippen LogP contribution is -2.28. The first-order chi connectivity index (χ1) is 12.3. The minimum atomic E-state index is -0.632. The van der Waals surface area contributed by atoms with Gasteiger partial charge in [0.25, 0.3) is 0 Å². The van der Waals surface area contributed by atoms with Crippen LogP contribution >= 0.6 is 12.2 Å². The minimum Gasteiger partial charge on any atom is -0.504 e. The average molecular weight is 378 g/mol. The molecule has 0 saturated heterocycles. The monoisotopic (exact) mass is 378 g/mol. The highest BCUT2D eigenvalue weighted by molar-refractivity contribution is 7.80. The van der Waals surface area contributed by atoms with E-state index in [-0.39, 0.29) is 5.11 Å². The lowest BCUT2D eigenvalue weighted by molar-refractivity contribution is 0.368. The van der Waals surface area contributed by atoms with Crippen molar-refractivity contribution in [3.8, 4) is 34.5 Å². The Morgan fingerprint density at radius 2 is 1.00 bits per heavy atom. The molecular formula is C15H14N4O6S. The molecule has 0 saturated carbocycles. The van der Waals surface area contributed by atoms with Crippen LogP contribution in [0.4, 0.5) is 0 Å². The summed E-state index contributed by atoms with van der Waals surface area (Å²) in [5.74, 6) is -3.27. The number of hydrazone groups is 2. The smallest absolute Gasteiger partial charge is 0.207 e. The Morgan fingerprint density at radius 1 is 0.692 bits per heavy atom. The van der Waals surface area contributed by atoms with Crippen LogP contribution in [0.25, 0.3) is 0 Å². The number of nitrogens with one attached hydrogen (secondary N) is 2. The topological polar surface area (TPSA) is 170 Å². The summed E-state index contributed by atoms with van der Waals surface area (Å²) in [5, 5.41) is 63.4. The fraction of sp³-hybridized carbons (Fsp3) is 0. The first-order valence-corrected chi connectivity index (χ1v) is 7.30. The van der Waals surface area contributed by atoms with E-state index in [1.165, 1.54) is 36.7 Å². The van der Waals surface area contributed by atoms with Crippen LogP contribution in [0.15, 0.2) is 34.5 Å². The first-order valence-electron chi connectivity index (χ1n) is 6.90. The molecule has 10 nitrogen and oxygen atoms in total. The summed E-state index contributed by atoms with van der Waals surface area (Å²) in [7, 11) is 0. The van der Waals surface area contributed by atoms with E-state index < -0.39 is 34.5 Å². The minimum absolute atomic E-state index is 0.00283. The van der Waals surface area contributed by atoms with Crippen LogP contribution in [0.1, 0.15) is 11.1 Å². The van der Waals surface area contributed by atoms with Crippen LogP contribution in [0.5, 0.6) is 34.5 Å². The number of thiocarbonyl (C=S) groups is 1.